The maximum Gasteiger partial charge on any atom is 0.191 e. The highest BCUT2D eigenvalue weighted by molar-refractivity contribution is 7.80. The van der Waals surface area contributed by atoms with E-state index in [1.54, 1.807) is 6.21 Å². The molecule has 0 aromatic heterocycles. The molecule has 0 bridgehead atoms. The number of rotatable bonds is 6. The Morgan fingerprint density at radius 1 is 0.963 bits per heavy atom. The van der Waals surface area contributed by atoms with Crippen molar-refractivity contribution in [3.63, 3.8) is 0 Å². The van der Waals surface area contributed by atoms with E-state index in [0.29, 0.717) is 16.7 Å². The smallest absolute Gasteiger partial charge is 0.191 e. The summed E-state index contributed by atoms with van der Waals surface area (Å²) in [6, 6.07) is 24.9. The van der Waals surface area contributed by atoms with Crippen LogP contribution in [0.4, 0.5) is 5.69 Å². The average molecular weight is 396 g/mol. The molecule has 3 rings (SSSR count). The van der Waals surface area contributed by atoms with Crippen molar-refractivity contribution in [1.82, 2.24) is 5.43 Å². The van der Waals surface area contributed by atoms with Crippen molar-refractivity contribution >= 4 is 40.8 Å². The van der Waals surface area contributed by atoms with E-state index in [1.165, 1.54) is 0 Å². The van der Waals surface area contributed by atoms with Crippen LogP contribution in [-0.4, -0.2) is 11.3 Å². The molecule has 0 fully saturated rings. The number of benzene rings is 3. The van der Waals surface area contributed by atoms with Gasteiger partial charge in [0.15, 0.2) is 5.11 Å². The summed E-state index contributed by atoms with van der Waals surface area (Å²) < 4.78 is 5.76. The predicted octanol–water partition coefficient (Wildman–Crippen LogP) is 5.24. The Balaban J connectivity index is 1.48. The third kappa shape index (κ3) is 6.09. The Morgan fingerprint density at radius 2 is 1.67 bits per heavy atom. The van der Waals surface area contributed by atoms with Crippen LogP contribution in [-0.2, 0) is 6.61 Å². The average Bonchev–Trinajstić information content (AvgIpc) is 2.69. The first-order chi connectivity index (χ1) is 13.2. The molecule has 0 amide bonds. The van der Waals surface area contributed by atoms with Crippen molar-refractivity contribution in [1.29, 1.82) is 0 Å². The van der Waals surface area contributed by atoms with Crippen LogP contribution in [0.25, 0.3) is 0 Å². The molecule has 0 aliphatic heterocycles. The van der Waals surface area contributed by atoms with E-state index in [2.05, 4.69) is 15.8 Å². The van der Waals surface area contributed by atoms with E-state index >= 15 is 0 Å². The van der Waals surface area contributed by atoms with Gasteiger partial charge < -0.3 is 10.1 Å². The molecule has 4 nitrogen and oxygen atoms in total. The summed E-state index contributed by atoms with van der Waals surface area (Å²) in [7, 11) is 0. The number of hydrogen-bond acceptors (Lipinski definition) is 3. The van der Waals surface area contributed by atoms with Crippen LogP contribution >= 0.6 is 23.8 Å². The van der Waals surface area contributed by atoms with Gasteiger partial charge >= 0.3 is 0 Å². The van der Waals surface area contributed by atoms with Gasteiger partial charge in [-0.3, -0.25) is 5.43 Å². The number of anilines is 1. The molecule has 0 atom stereocenters. The van der Waals surface area contributed by atoms with Gasteiger partial charge in [0.05, 0.1) is 6.21 Å². The second-order valence-corrected chi connectivity index (χ2v) is 6.45. The number of hydrazone groups is 1. The zero-order valence-corrected chi connectivity index (χ0v) is 16.0. The van der Waals surface area contributed by atoms with Crippen LogP contribution in [0.3, 0.4) is 0 Å². The van der Waals surface area contributed by atoms with E-state index in [4.69, 9.17) is 28.6 Å². The number of hydrogen-bond donors (Lipinski definition) is 2. The molecule has 136 valence electrons. The first-order valence-corrected chi connectivity index (χ1v) is 9.11. The quantitative estimate of drug-likeness (QED) is 0.340. The molecule has 0 spiro atoms. The Bertz CT molecular complexity index is 914. The topological polar surface area (TPSA) is 45.7 Å². The SMILES string of the molecule is S=C(NN=Cc1ccc(OCc2ccccc2Cl)cc1)Nc1ccccc1. The third-order valence-electron chi connectivity index (χ3n) is 3.64. The summed E-state index contributed by atoms with van der Waals surface area (Å²) in [6.07, 6.45) is 1.69. The Kier molecular flexibility index (Phi) is 6.79. The van der Waals surface area contributed by atoms with Gasteiger partial charge in [-0.15, -0.1) is 0 Å². The highest BCUT2D eigenvalue weighted by Gasteiger charge is 2.00. The lowest BCUT2D eigenvalue weighted by Crippen LogP contribution is -2.23. The minimum Gasteiger partial charge on any atom is -0.489 e. The Hall–Kier alpha value is -2.89. The number of thiocarbonyl (C=S) groups is 1. The summed E-state index contributed by atoms with van der Waals surface area (Å²) in [5.74, 6) is 0.765. The normalized spacial score (nSPS) is 10.6. The molecule has 0 heterocycles. The van der Waals surface area contributed by atoms with Gasteiger partial charge in [0.1, 0.15) is 12.4 Å². The van der Waals surface area contributed by atoms with Gasteiger partial charge in [0.25, 0.3) is 0 Å². The van der Waals surface area contributed by atoms with Crippen molar-refractivity contribution in [2.75, 3.05) is 5.32 Å². The highest BCUT2D eigenvalue weighted by Crippen LogP contribution is 2.18. The first kappa shape index (κ1) is 18.9. The number of nitrogens with zero attached hydrogens (tertiary/aromatic N) is 1. The summed E-state index contributed by atoms with van der Waals surface area (Å²) in [5.41, 5.74) is 5.58. The van der Waals surface area contributed by atoms with Crippen molar-refractivity contribution in [3.05, 3.63) is 95.0 Å². The maximum atomic E-state index is 6.13. The lowest BCUT2D eigenvalue weighted by molar-refractivity contribution is 0.306. The fraction of sp³-hybridized carbons (Fsp3) is 0.0476. The number of halogens is 1. The van der Waals surface area contributed by atoms with Crippen LogP contribution in [0.1, 0.15) is 11.1 Å². The van der Waals surface area contributed by atoms with E-state index in [1.807, 2.05) is 78.9 Å². The minimum atomic E-state index is 0.425. The van der Waals surface area contributed by atoms with Crippen molar-refractivity contribution in [3.8, 4) is 5.75 Å². The minimum absolute atomic E-state index is 0.425. The van der Waals surface area contributed by atoms with Gasteiger partial charge in [-0.2, -0.15) is 5.10 Å². The Morgan fingerprint density at radius 3 is 2.41 bits per heavy atom. The lowest BCUT2D eigenvalue weighted by atomic mass is 10.2. The molecule has 27 heavy (non-hydrogen) atoms. The molecule has 0 aliphatic carbocycles. The third-order valence-corrected chi connectivity index (χ3v) is 4.21. The van der Waals surface area contributed by atoms with E-state index in [-0.39, 0.29) is 0 Å². The van der Waals surface area contributed by atoms with Crippen LogP contribution in [0.2, 0.25) is 5.02 Å². The zero-order chi connectivity index (χ0) is 18.9. The fourth-order valence-corrected chi connectivity index (χ4v) is 2.63. The van der Waals surface area contributed by atoms with Gasteiger partial charge in [-0.1, -0.05) is 48.0 Å². The molecular weight excluding hydrogens is 378 g/mol. The molecule has 3 aromatic carbocycles. The molecule has 0 aliphatic rings. The zero-order valence-electron chi connectivity index (χ0n) is 14.4. The molecular formula is C21H18ClN3OS. The van der Waals surface area contributed by atoms with Crippen LogP contribution in [0.5, 0.6) is 5.75 Å². The van der Waals surface area contributed by atoms with Crippen LogP contribution in [0.15, 0.2) is 84.0 Å². The molecule has 0 saturated heterocycles. The summed E-state index contributed by atoms with van der Waals surface area (Å²) in [4.78, 5) is 0. The lowest BCUT2D eigenvalue weighted by Gasteiger charge is -2.08. The van der Waals surface area contributed by atoms with Crippen LogP contribution < -0.4 is 15.5 Å². The second-order valence-electron chi connectivity index (χ2n) is 5.64. The Labute approximate surface area is 168 Å². The summed E-state index contributed by atoms with van der Waals surface area (Å²) >= 11 is 11.3. The predicted molar refractivity (Wildman–Crippen MR) is 116 cm³/mol. The number of ether oxygens (including phenoxy) is 1. The van der Waals surface area contributed by atoms with Gasteiger partial charge in [-0.25, -0.2) is 0 Å². The summed E-state index contributed by atoms with van der Waals surface area (Å²) in [5, 5.41) is 8.31. The van der Waals surface area contributed by atoms with Crippen molar-refractivity contribution in [2.24, 2.45) is 5.10 Å². The molecule has 0 saturated carbocycles. The van der Waals surface area contributed by atoms with E-state index in [0.717, 1.165) is 22.6 Å². The largest absolute Gasteiger partial charge is 0.489 e. The molecule has 0 radical (unpaired) electrons. The fourth-order valence-electron chi connectivity index (χ4n) is 2.27. The van der Waals surface area contributed by atoms with Crippen LogP contribution in [0, 0.1) is 0 Å². The van der Waals surface area contributed by atoms with Gasteiger partial charge in [0.2, 0.25) is 0 Å². The van der Waals surface area contributed by atoms with Crippen molar-refractivity contribution in [2.45, 2.75) is 6.61 Å². The molecule has 0 unspecified atom stereocenters. The maximum absolute atomic E-state index is 6.13. The standard InChI is InChI=1S/C21H18ClN3OS/c22-20-9-5-4-6-17(20)15-26-19-12-10-16(11-13-19)14-23-25-21(27)24-18-7-2-1-3-8-18/h1-14H,15H2,(H2,24,25,27). The number of para-hydroxylation sites is 1. The molecule has 3 aromatic rings. The molecule has 6 heteroatoms. The highest BCUT2D eigenvalue weighted by atomic mass is 35.5. The monoisotopic (exact) mass is 395 g/mol. The second kappa shape index (κ2) is 9.71. The van der Waals surface area contributed by atoms with Crippen molar-refractivity contribution < 1.29 is 4.74 Å². The first-order valence-electron chi connectivity index (χ1n) is 8.32. The van der Waals surface area contributed by atoms with E-state index in [9.17, 15) is 0 Å². The molecule has 2 N–H and O–H groups in total. The van der Waals surface area contributed by atoms with Gasteiger partial charge in [-0.05, 0) is 60.2 Å². The van der Waals surface area contributed by atoms with Gasteiger partial charge in [0, 0.05) is 16.3 Å². The van der Waals surface area contributed by atoms with E-state index < -0.39 is 0 Å². The summed E-state index contributed by atoms with van der Waals surface area (Å²) in [6.45, 7) is 0.425. The number of nitrogens with one attached hydrogen (secondary N) is 2.